The van der Waals surface area contributed by atoms with E-state index in [0.717, 1.165) is 12.8 Å². The summed E-state index contributed by atoms with van der Waals surface area (Å²) in [6.45, 7) is 0.324. The molecule has 0 heterocycles. The van der Waals surface area contributed by atoms with Crippen molar-refractivity contribution in [3.8, 4) is 0 Å². The molecule has 2 rings (SSSR count). The molecular formula is C17H31NO3. The summed E-state index contributed by atoms with van der Waals surface area (Å²) in [5.74, 6) is 0.522. The Morgan fingerprint density at radius 1 is 1.05 bits per heavy atom. The second kappa shape index (κ2) is 9.42. The van der Waals surface area contributed by atoms with E-state index < -0.39 is 0 Å². The first-order valence-corrected chi connectivity index (χ1v) is 8.81. The molecule has 2 aliphatic carbocycles. The van der Waals surface area contributed by atoms with Crippen LogP contribution in [0.2, 0.25) is 0 Å². The lowest BCUT2D eigenvalue weighted by Gasteiger charge is -2.31. The Morgan fingerprint density at radius 2 is 1.67 bits per heavy atom. The maximum atomic E-state index is 12.1. The summed E-state index contributed by atoms with van der Waals surface area (Å²) in [7, 11) is 0. The molecule has 0 aromatic carbocycles. The van der Waals surface area contributed by atoms with Crippen molar-refractivity contribution in [3.05, 3.63) is 0 Å². The Bertz CT molecular complexity index is 296. The smallest absolute Gasteiger partial charge is 0.246 e. The third-order valence-electron chi connectivity index (χ3n) is 5.01. The van der Waals surface area contributed by atoms with Crippen molar-refractivity contribution in [1.82, 2.24) is 5.32 Å². The number of carbonyl (C=O) groups excluding carboxylic acids is 1. The van der Waals surface area contributed by atoms with E-state index in [0.29, 0.717) is 12.3 Å². The van der Waals surface area contributed by atoms with Crippen LogP contribution < -0.4 is 5.32 Å². The highest BCUT2D eigenvalue weighted by Gasteiger charge is 2.25. The molecule has 4 heteroatoms. The fourth-order valence-corrected chi connectivity index (χ4v) is 3.78. The molecule has 4 nitrogen and oxygen atoms in total. The topological polar surface area (TPSA) is 58.6 Å². The molecule has 0 radical (unpaired) electrons. The van der Waals surface area contributed by atoms with Crippen LogP contribution in [0, 0.1) is 5.92 Å². The lowest BCUT2D eigenvalue weighted by atomic mass is 9.83. The Balaban J connectivity index is 1.71. The molecule has 0 saturated heterocycles. The SMILES string of the molecule is O=C(COC1CCCCC1)NC(CCO)C1CCCCC1. The van der Waals surface area contributed by atoms with Crippen LogP contribution in [-0.2, 0) is 9.53 Å². The monoisotopic (exact) mass is 297 g/mol. The molecule has 21 heavy (non-hydrogen) atoms. The van der Waals surface area contributed by atoms with Crippen molar-refractivity contribution in [2.75, 3.05) is 13.2 Å². The molecule has 0 aromatic rings. The average molecular weight is 297 g/mol. The number of ether oxygens (including phenoxy) is 1. The summed E-state index contributed by atoms with van der Waals surface area (Å²) in [5.41, 5.74) is 0. The molecule has 0 bridgehead atoms. The first-order valence-electron chi connectivity index (χ1n) is 8.81. The molecule has 2 fully saturated rings. The van der Waals surface area contributed by atoms with E-state index in [1.807, 2.05) is 0 Å². The second-order valence-corrected chi connectivity index (χ2v) is 6.66. The van der Waals surface area contributed by atoms with Gasteiger partial charge in [0.15, 0.2) is 0 Å². The number of hydrogen-bond donors (Lipinski definition) is 2. The first kappa shape index (κ1) is 16.8. The zero-order valence-corrected chi connectivity index (χ0v) is 13.2. The van der Waals surface area contributed by atoms with E-state index >= 15 is 0 Å². The zero-order chi connectivity index (χ0) is 14.9. The fourth-order valence-electron chi connectivity index (χ4n) is 3.78. The number of rotatable bonds is 7. The number of hydrogen-bond acceptors (Lipinski definition) is 3. The van der Waals surface area contributed by atoms with Crippen molar-refractivity contribution in [1.29, 1.82) is 0 Å². The van der Waals surface area contributed by atoms with E-state index in [1.54, 1.807) is 0 Å². The van der Waals surface area contributed by atoms with E-state index in [1.165, 1.54) is 51.4 Å². The maximum Gasteiger partial charge on any atom is 0.246 e. The van der Waals surface area contributed by atoms with Gasteiger partial charge in [-0.15, -0.1) is 0 Å². The molecule has 1 atom stereocenters. The van der Waals surface area contributed by atoms with Crippen molar-refractivity contribution in [3.63, 3.8) is 0 Å². The number of aliphatic hydroxyl groups excluding tert-OH is 1. The van der Waals surface area contributed by atoms with Crippen LogP contribution in [0.4, 0.5) is 0 Å². The molecule has 1 amide bonds. The van der Waals surface area contributed by atoms with Gasteiger partial charge in [0, 0.05) is 12.6 Å². The molecule has 0 spiro atoms. The molecular weight excluding hydrogens is 266 g/mol. The zero-order valence-electron chi connectivity index (χ0n) is 13.2. The Labute approximate surface area is 128 Å². The summed E-state index contributed by atoms with van der Waals surface area (Å²) in [6, 6.07) is 0.123. The predicted molar refractivity (Wildman–Crippen MR) is 83.0 cm³/mol. The van der Waals surface area contributed by atoms with Crippen LogP contribution in [0.25, 0.3) is 0 Å². The predicted octanol–water partition coefficient (Wildman–Crippen LogP) is 2.78. The van der Waals surface area contributed by atoms with Crippen LogP contribution in [0.5, 0.6) is 0 Å². The molecule has 2 N–H and O–H groups in total. The van der Waals surface area contributed by atoms with Crippen LogP contribution in [0.1, 0.15) is 70.6 Å². The normalized spacial score (nSPS) is 22.9. The molecule has 1 unspecified atom stereocenters. The number of carbonyl (C=O) groups is 1. The number of nitrogens with one attached hydrogen (secondary N) is 1. The van der Waals surface area contributed by atoms with Gasteiger partial charge in [0.1, 0.15) is 6.61 Å². The van der Waals surface area contributed by atoms with E-state index in [-0.39, 0.29) is 31.3 Å². The largest absolute Gasteiger partial charge is 0.396 e. The van der Waals surface area contributed by atoms with E-state index in [2.05, 4.69) is 5.32 Å². The molecule has 2 saturated carbocycles. The van der Waals surface area contributed by atoms with E-state index in [9.17, 15) is 9.90 Å². The standard InChI is InChI=1S/C17H31NO3/c19-12-11-16(14-7-3-1-4-8-14)18-17(20)13-21-15-9-5-2-6-10-15/h14-16,19H,1-13H2,(H,18,20). The van der Waals surface area contributed by atoms with Crippen molar-refractivity contribution >= 4 is 5.91 Å². The first-order chi connectivity index (χ1) is 10.3. The minimum atomic E-state index is -0.00963. The van der Waals surface area contributed by atoms with Gasteiger partial charge in [-0.25, -0.2) is 0 Å². The summed E-state index contributed by atoms with van der Waals surface area (Å²) in [4.78, 5) is 12.1. The molecule has 0 aromatic heterocycles. The van der Waals surface area contributed by atoms with Crippen LogP contribution in [0.15, 0.2) is 0 Å². The summed E-state index contributed by atoms with van der Waals surface area (Å²) in [6.07, 6.45) is 13.0. The quantitative estimate of drug-likeness (QED) is 0.759. The minimum Gasteiger partial charge on any atom is -0.396 e. The lowest BCUT2D eigenvalue weighted by molar-refractivity contribution is -0.129. The van der Waals surface area contributed by atoms with Crippen molar-refractivity contribution < 1.29 is 14.6 Å². The molecule has 2 aliphatic rings. The van der Waals surface area contributed by atoms with Gasteiger partial charge < -0.3 is 15.2 Å². The minimum absolute atomic E-state index is 0.00963. The van der Waals surface area contributed by atoms with Gasteiger partial charge in [-0.3, -0.25) is 4.79 Å². The van der Waals surface area contributed by atoms with Gasteiger partial charge in [0.05, 0.1) is 6.10 Å². The summed E-state index contributed by atoms with van der Waals surface area (Å²) in [5, 5.41) is 12.3. The number of aliphatic hydroxyl groups is 1. The lowest BCUT2D eigenvalue weighted by Crippen LogP contribution is -2.43. The van der Waals surface area contributed by atoms with Gasteiger partial charge in [-0.05, 0) is 38.0 Å². The average Bonchev–Trinajstić information content (AvgIpc) is 2.54. The fraction of sp³-hybridized carbons (Fsp3) is 0.941. The molecule has 0 aliphatic heterocycles. The van der Waals surface area contributed by atoms with Gasteiger partial charge in [-0.1, -0.05) is 38.5 Å². The Morgan fingerprint density at radius 3 is 2.29 bits per heavy atom. The van der Waals surface area contributed by atoms with Gasteiger partial charge >= 0.3 is 0 Å². The van der Waals surface area contributed by atoms with Crippen LogP contribution >= 0.6 is 0 Å². The highest BCUT2D eigenvalue weighted by molar-refractivity contribution is 5.77. The molecule has 122 valence electrons. The van der Waals surface area contributed by atoms with Gasteiger partial charge in [0.2, 0.25) is 5.91 Å². The maximum absolute atomic E-state index is 12.1. The van der Waals surface area contributed by atoms with Gasteiger partial charge in [-0.2, -0.15) is 0 Å². The second-order valence-electron chi connectivity index (χ2n) is 6.66. The highest BCUT2D eigenvalue weighted by atomic mass is 16.5. The van der Waals surface area contributed by atoms with Crippen LogP contribution in [0.3, 0.4) is 0 Å². The van der Waals surface area contributed by atoms with Gasteiger partial charge in [0.25, 0.3) is 0 Å². The third kappa shape index (κ3) is 5.95. The van der Waals surface area contributed by atoms with E-state index in [4.69, 9.17) is 4.74 Å². The third-order valence-corrected chi connectivity index (χ3v) is 5.01. The van der Waals surface area contributed by atoms with Crippen LogP contribution in [-0.4, -0.2) is 36.4 Å². The highest BCUT2D eigenvalue weighted by Crippen LogP contribution is 2.27. The van der Waals surface area contributed by atoms with Crippen molar-refractivity contribution in [2.45, 2.75) is 82.8 Å². The summed E-state index contributed by atoms with van der Waals surface area (Å²) >= 11 is 0. The Hall–Kier alpha value is -0.610. The Kier molecular flexibility index (Phi) is 7.51. The number of amides is 1. The summed E-state index contributed by atoms with van der Waals surface area (Å²) < 4.78 is 5.74. The van der Waals surface area contributed by atoms with Crippen molar-refractivity contribution in [2.24, 2.45) is 5.92 Å².